The number of anilines is 1. The fourth-order valence-corrected chi connectivity index (χ4v) is 4.40. The number of nitrogens with zero attached hydrogens (tertiary/aromatic N) is 1. The van der Waals surface area contributed by atoms with Crippen molar-refractivity contribution >= 4 is 15.7 Å². The number of rotatable bonds is 5. The van der Waals surface area contributed by atoms with Crippen molar-refractivity contribution < 1.29 is 8.42 Å². The number of hydrogen-bond donors (Lipinski definition) is 1. The summed E-state index contributed by atoms with van der Waals surface area (Å²) < 4.78 is 27.1. The van der Waals surface area contributed by atoms with E-state index in [1.807, 2.05) is 32.9 Å². The number of sulfonamides is 1. The van der Waals surface area contributed by atoms with Gasteiger partial charge in [0.15, 0.2) is 0 Å². The van der Waals surface area contributed by atoms with Crippen LogP contribution < -0.4 is 5.32 Å². The molecule has 0 saturated carbocycles. The highest BCUT2D eigenvalue weighted by molar-refractivity contribution is 7.89. The van der Waals surface area contributed by atoms with E-state index in [-0.39, 0.29) is 6.04 Å². The molecule has 0 saturated heterocycles. The van der Waals surface area contributed by atoms with Crippen LogP contribution in [0.15, 0.2) is 23.1 Å². The lowest BCUT2D eigenvalue weighted by molar-refractivity contribution is 0.354. The lowest BCUT2D eigenvalue weighted by Crippen LogP contribution is -2.37. The van der Waals surface area contributed by atoms with E-state index >= 15 is 0 Å². The molecule has 0 unspecified atom stereocenters. The summed E-state index contributed by atoms with van der Waals surface area (Å²) in [5, 5.41) is 3.31. The second kappa shape index (κ2) is 6.14. The minimum Gasteiger partial charge on any atom is -0.385 e. The topological polar surface area (TPSA) is 49.4 Å². The molecule has 5 heteroatoms. The first-order valence-corrected chi connectivity index (χ1v) is 8.79. The van der Waals surface area contributed by atoms with E-state index in [9.17, 15) is 8.42 Å². The summed E-state index contributed by atoms with van der Waals surface area (Å²) in [5.41, 5.74) is 2.18. The van der Waals surface area contributed by atoms with Crippen LogP contribution in [0.25, 0.3) is 0 Å². The second-order valence-electron chi connectivity index (χ2n) is 5.56. The summed E-state index contributed by atoms with van der Waals surface area (Å²) in [4.78, 5) is 0.419. The lowest BCUT2D eigenvalue weighted by atomic mass is 10.0. The average Bonchev–Trinajstić information content (AvgIpc) is 2.43. The van der Waals surface area contributed by atoms with E-state index < -0.39 is 10.0 Å². The molecule has 1 aromatic carbocycles. The Hall–Kier alpha value is -1.07. The molecule has 0 aromatic heterocycles. The largest absolute Gasteiger partial charge is 0.385 e. The van der Waals surface area contributed by atoms with E-state index in [0.717, 1.165) is 37.1 Å². The Bertz CT molecular complexity index is 567. The van der Waals surface area contributed by atoms with Crippen molar-refractivity contribution in [3.8, 4) is 0 Å². The van der Waals surface area contributed by atoms with Crippen LogP contribution >= 0.6 is 0 Å². The minimum absolute atomic E-state index is 0.0193. The Labute approximate surface area is 122 Å². The molecule has 0 radical (unpaired) electrons. The number of hydrogen-bond acceptors (Lipinski definition) is 3. The van der Waals surface area contributed by atoms with Crippen LogP contribution in [0.3, 0.4) is 0 Å². The Morgan fingerprint density at radius 1 is 1.35 bits per heavy atom. The Kier molecular flexibility index (Phi) is 4.70. The zero-order chi connectivity index (χ0) is 14.8. The van der Waals surface area contributed by atoms with Crippen LogP contribution in [-0.2, 0) is 16.4 Å². The molecule has 112 valence electrons. The molecular formula is C15H24N2O2S. The van der Waals surface area contributed by atoms with Crippen molar-refractivity contribution in [3.05, 3.63) is 23.8 Å². The fourth-order valence-electron chi connectivity index (χ4n) is 2.62. The van der Waals surface area contributed by atoms with Crippen molar-refractivity contribution in [1.29, 1.82) is 0 Å². The third-order valence-corrected chi connectivity index (χ3v) is 5.71. The maximum absolute atomic E-state index is 12.8. The summed E-state index contributed by atoms with van der Waals surface area (Å²) in [5.74, 6) is 0. The average molecular weight is 296 g/mol. The maximum atomic E-state index is 12.8. The first-order valence-electron chi connectivity index (χ1n) is 7.35. The molecule has 0 bridgehead atoms. The summed E-state index contributed by atoms with van der Waals surface area (Å²) in [6.07, 6.45) is 2.82. The third-order valence-electron chi connectivity index (χ3n) is 3.64. The molecule has 1 heterocycles. The zero-order valence-corrected chi connectivity index (χ0v) is 13.3. The zero-order valence-electron chi connectivity index (χ0n) is 12.5. The molecule has 0 amide bonds. The van der Waals surface area contributed by atoms with Gasteiger partial charge in [0.1, 0.15) is 0 Å². The number of benzene rings is 1. The first-order chi connectivity index (χ1) is 9.46. The third kappa shape index (κ3) is 2.99. The number of aryl methyl sites for hydroxylation is 1. The normalized spacial score (nSPS) is 15.2. The van der Waals surface area contributed by atoms with Gasteiger partial charge >= 0.3 is 0 Å². The molecule has 1 N–H and O–H groups in total. The minimum atomic E-state index is -3.39. The molecular weight excluding hydrogens is 272 g/mol. The Morgan fingerprint density at radius 2 is 2.10 bits per heavy atom. The molecule has 0 atom stereocenters. The maximum Gasteiger partial charge on any atom is 0.243 e. The van der Waals surface area contributed by atoms with E-state index in [2.05, 4.69) is 5.32 Å². The van der Waals surface area contributed by atoms with Crippen LogP contribution in [0.4, 0.5) is 5.69 Å². The highest BCUT2D eigenvalue weighted by atomic mass is 32.2. The quantitative estimate of drug-likeness (QED) is 0.909. The summed E-state index contributed by atoms with van der Waals surface area (Å²) >= 11 is 0. The van der Waals surface area contributed by atoms with Gasteiger partial charge in [-0.15, -0.1) is 0 Å². The Balaban J connectivity index is 2.38. The summed E-state index contributed by atoms with van der Waals surface area (Å²) in [6, 6.07) is 5.43. The molecule has 4 nitrogen and oxygen atoms in total. The van der Waals surface area contributed by atoms with Crippen LogP contribution in [-0.4, -0.2) is 31.9 Å². The van der Waals surface area contributed by atoms with Gasteiger partial charge in [0, 0.05) is 24.8 Å². The number of fused-ring (bicyclic) bond motifs is 1. The molecule has 1 aliphatic heterocycles. The van der Waals surface area contributed by atoms with Crippen LogP contribution in [0.5, 0.6) is 0 Å². The van der Waals surface area contributed by atoms with Crippen molar-refractivity contribution in [2.45, 2.75) is 51.0 Å². The van der Waals surface area contributed by atoms with E-state index in [1.165, 1.54) is 0 Å². The first kappa shape index (κ1) is 15.3. The van der Waals surface area contributed by atoms with Crippen molar-refractivity contribution in [2.75, 3.05) is 18.4 Å². The van der Waals surface area contributed by atoms with Crippen LogP contribution in [0.2, 0.25) is 0 Å². The standard InChI is InChI=1S/C15H24N2O2S/c1-4-10-17(12(2)3)20(18,19)14-7-8-15-13(11-14)6-5-9-16-15/h7-8,11-12,16H,4-6,9-10H2,1-3H3. The predicted octanol–water partition coefficient (Wildman–Crippen LogP) is 2.85. The molecule has 0 fully saturated rings. The molecule has 0 spiro atoms. The second-order valence-corrected chi connectivity index (χ2v) is 7.45. The van der Waals surface area contributed by atoms with Gasteiger partial charge in [-0.2, -0.15) is 4.31 Å². The van der Waals surface area contributed by atoms with Crippen molar-refractivity contribution in [1.82, 2.24) is 4.31 Å². The van der Waals surface area contributed by atoms with Gasteiger partial charge in [-0.05, 0) is 56.9 Å². The lowest BCUT2D eigenvalue weighted by Gasteiger charge is -2.26. The molecule has 1 aliphatic rings. The van der Waals surface area contributed by atoms with Gasteiger partial charge in [-0.3, -0.25) is 0 Å². The summed E-state index contributed by atoms with van der Waals surface area (Å²) in [7, 11) is -3.39. The fraction of sp³-hybridized carbons (Fsp3) is 0.600. The van der Waals surface area contributed by atoms with E-state index in [4.69, 9.17) is 0 Å². The Morgan fingerprint density at radius 3 is 2.75 bits per heavy atom. The van der Waals surface area contributed by atoms with Gasteiger partial charge in [0.2, 0.25) is 10.0 Å². The van der Waals surface area contributed by atoms with Gasteiger partial charge in [0.25, 0.3) is 0 Å². The van der Waals surface area contributed by atoms with Crippen molar-refractivity contribution in [3.63, 3.8) is 0 Å². The molecule has 20 heavy (non-hydrogen) atoms. The smallest absolute Gasteiger partial charge is 0.243 e. The summed E-state index contributed by atoms with van der Waals surface area (Å²) in [6.45, 7) is 7.38. The molecule has 0 aliphatic carbocycles. The monoisotopic (exact) mass is 296 g/mol. The SMILES string of the molecule is CCCN(C(C)C)S(=O)(=O)c1ccc2c(c1)CCCN2. The van der Waals surface area contributed by atoms with Crippen molar-refractivity contribution in [2.24, 2.45) is 0 Å². The highest BCUT2D eigenvalue weighted by Gasteiger charge is 2.27. The van der Waals surface area contributed by atoms with Gasteiger partial charge in [-0.25, -0.2) is 8.42 Å². The van der Waals surface area contributed by atoms with Crippen LogP contribution in [0.1, 0.15) is 39.2 Å². The highest BCUT2D eigenvalue weighted by Crippen LogP contribution is 2.27. The van der Waals surface area contributed by atoms with E-state index in [1.54, 1.807) is 10.4 Å². The molecule has 1 aromatic rings. The van der Waals surface area contributed by atoms with Gasteiger partial charge in [0.05, 0.1) is 4.90 Å². The number of nitrogens with one attached hydrogen (secondary N) is 1. The predicted molar refractivity (Wildman–Crippen MR) is 82.6 cm³/mol. The van der Waals surface area contributed by atoms with Gasteiger partial charge < -0.3 is 5.32 Å². The molecule has 2 rings (SSSR count). The van der Waals surface area contributed by atoms with Gasteiger partial charge in [-0.1, -0.05) is 6.92 Å². The van der Waals surface area contributed by atoms with Crippen LogP contribution in [0, 0.1) is 0 Å². The van der Waals surface area contributed by atoms with E-state index in [0.29, 0.717) is 11.4 Å².